The first kappa shape index (κ1) is 14.4. The van der Waals surface area contributed by atoms with Crippen LogP contribution in [0.2, 0.25) is 0 Å². The summed E-state index contributed by atoms with van der Waals surface area (Å²) in [4.78, 5) is 0. The number of nitrogens with two attached hydrogens (primary N) is 1. The van der Waals surface area contributed by atoms with Gasteiger partial charge in [0.15, 0.2) is 0 Å². The summed E-state index contributed by atoms with van der Waals surface area (Å²) in [6.45, 7) is 1.81. The highest BCUT2D eigenvalue weighted by Gasteiger charge is 2.22. The molecule has 0 radical (unpaired) electrons. The topological polar surface area (TPSA) is 47.3 Å². The first-order valence-electron chi connectivity index (χ1n) is 7.40. The van der Waals surface area contributed by atoms with E-state index >= 15 is 0 Å². The molecular formula is C16H26N2O. The van der Waals surface area contributed by atoms with E-state index in [1.54, 1.807) is 7.11 Å². The van der Waals surface area contributed by atoms with Crippen molar-refractivity contribution in [1.82, 2.24) is 5.32 Å². The fourth-order valence-corrected chi connectivity index (χ4v) is 3.06. The van der Waals surface area contributed by atoms with Gasteiger partial charge in [0.05, 0.1) is 7.11 Å². The Morgan fingerprint density at radius 3 is 2.84 bits per heavy atom. The Labute approximate surface area is 116 Å². The van der Waals surface area contributed by atoms with Crippen LogP contribution in [0.3, 0.4) is 0 Å². The molecule has 2 unspecified atom stereocenters. The third-order valence-electron chi connectivity index (χ3n) is 4.21. The van der Waals surface area contributed by atoms with Gasteiger partial charge in [0.25, 0.3) is 0 Å². The molecule has 1 aliphatic carbocycles. The standard InChI is InChI=1S/C16H26N2O/c1-19-16-9-5-3-6-13(16)10-11-18-15-8-4-2-7-14(15)12-17/h3,5-6,9,14-15,18H,2,4,7-8,10-12,17H2,1H3. The molecule has 0 aliphatic heterocycles. The predicted octanol–water partition coefficient (Wildman–Crippen LogP) is 2.34. The molecule has 0 spiro atoms. The highest BCUT2D eigenvalue weighted by Crippen LogP contribution is 2.23. The van der Waals surface area contributed by atoms with Gasteiger partial charge in [-0.15, -0.1) is 0 Å². The van der Waals surface area contributed by atoms with Crippen molar-refractivity contribution >= 4 is 0 Å². The normalized spacial score (nSPS) is 23.3. The minimum atomic E-state index is 0.605. The summed E-state index contributed by atoms with van der Waals surface area (Å²) in [6, 6.07) is 8.86. The van der Waals surface area contributed by atoms with Gasteiger partial charge in [0, 0.05) is 6.04 Å². The third-order valence-corrected chi connectivity index (χ3v) is 4.21. The summed E-state index contributed by atoms with van der Waals surface area (Å²) < 4.78 is 5.38. The molecule has 2 rings (SSSR count). The molecule has 19 heavy (non-hydrogen) atoms. The lowest BCUT2D eigenvalue weighted by atomic mass is 9.84. The molecule has 0 saturated heterocycles. The highest BCUT2D eigenvalue weighted by molar-refractivity contribution is 5.33. The molecule has 0 aromatic heterocycles. The van der Waals surface area contributed by atoms with Crippen LogP contribution < -0.4 is 15.8 Å². The van der Waals surface area contributed by atoms with Gasteiger partial charge in [-0.25, -0.2) is 0 Å². The Hall–Kier alpha value is -1.06. The fourth-order valence-electron chi connectivity index (χ4n) is 3.06. The molecule has 1 aromatic rings. The SMILES string of the molecule is COc1ccccc1CCNC1CCCCC1CN. The van der Waals surface area contributed by atoms with Crippen LogP contribution in [-0.2, 0) is 6.42 Å². The fraction of sp³-hybridized carbons (Fsp3) is 0.625. The summed E-state index contributed by atoms with van der Waals surface area (Å²) in [5, 5.41) is 3.69. The molecule has 0 bridgehead atoms. The lowest BCUT2D eigenvalue weighted by Crippen LogP contribution is -2.42. The van der Waals surface area contributed by atoms with Crippen molar-refractivity contribution in [2.45, 2.75) is 38.1 Å². The number of benzene rings is 1. The van der Waals surface area contributed by atoms with Gasteiger partial charge in [-0.3, -0.25) is 0 Å². The van der Waals surface area contributed by atoms with E-state index in [2.05, 4.69) is 17.4 Å². The first-order valence-corrected chi connectivity index (χ1v) is 7.40. The maximum atomic E-state index is 5.86. The Balaban J connectivity index is 1.82. The van der Waals surface area contributed by atoms with Crippen LogP contribution in [0.25, 0.3) is 0 Å². The Bertz CT molecular complexity index is 381. The van der Waals surface area contributed by atoms with E-state index in [0.717, 1.165) is 25.3 Å². The van der Waals surface area contributed by atoms with E-state index in [4.69, 9.17) is 10.5 Å². The van der Waals surface area contributed by atoms with Crippen LogP contribution in [0.15, 0.2) is 24.3 Å². The van der Waals surface area contributed by atoms with E-state index in [-0.39, 0.29) is 0 Å². The first-order chi connectivity index (χ1) is 9.35. The molecule has 3 nitrogen and oxygen atoms in total. The Morgan fingerprint density at radius 2 is 2.05 bits per heavy atom. The molecule has 106 valence electrons. The van der Waals surface area contributed by atoms with Gasteiger partial charge < -0.3 is 15.8 Å². The quantitative estimate of drug-likeness (QED) is 0.827. The number of hydrogen-bond donors (Lipinski definition) is 2. The molecule has 1 aromatic carbocycles. The lowest BCUT2D eigenvalue weighted by molar-refractivity contribution is 0.269. The average Bonchev–Trinajstić information content (AvgIpc) is 2.48. The van der Waals surface area contributed by atoms with Gasteiger partial charge in [0.2, 0.25) is 0 Å². The molecular weight excluding hydrogens is 236 g/mol. The molecule has 1 fully saturated rings. The van der Waals surface area contributed by atoms with Crippen LogP contribution in [0, 0.1) is 5.92 Å². The number of hydrogen-bond acceptors (Lipinski definition) is 3. The van der Waals surface area contributed by atoms with E-state index in [1.807, 2.05) is 12.1 Å². The molecule has 1 aliphatic rings. The number of rotatable bonds is 6. The van der Waals surface area contributed by atoms with Crippen molar-refractivity contribution in [2.75, 3.05) is 20.2 Å². The van der Waals surface area contributed by atoms with Crippen molar-refractivity contribution in [3.8, 4) is 5.75 Å². The van der Waals surface area contributed by atoms with Crippen molar-refractivity contribution in [1.29, 1.82) is 0 Å². The lowest BCUT2D eigenvalue weighted by Gasteiger charge is -2.31. The summed E-state index contributed by atoms with van der Waals surface area (Å²) in [7, 11) is 1.73. The minimum absolute atomic E-state index is 0.605. The molecule has 0 amide bonds. The number of methoxy groups -OCH3 is 1. The van der Waals surface area contributed by atoms with Crippen molar-refractivity contribution in [2.24, 2.45) is 11.7 Å². The zero-order valence-corrected chi connectivity index (χ0v) is 11.9. The maximum Gasteiger partial charge on any atom is 0.122 e. The largest absolute Gasteiger partial charge is 0.496 e. The zero-order chi connectivity index (χ0) is 13.5. The second kappa shape index (κ2) is 7.51. The molecule has 1 saturated carbocycles. The maximum absolute atomic E-state index is 5.86. The summed E-state index contributed by atoms with van der Waals surface area (Å²) in [6.07, 6.45) is 6.24. The predicted molar refractivity (Wildman–Crippen MR) is 79.5 cm³/mol. The number of ether oxygens (including phenoxy) is 1. The van der Waals surface area contributed by atoms with Crippen molar-refractivity contribution in [3.05, 3.63) is 29.8 Å². The number of para-hydroxylation sites is 1. The van der Waals surface area contributed by atoms with Gasteiger partial charge in [0.1, 0.15) is 5.75 Å². The smallest absolute Gasteiger partial charge is 0.122 e. The molecule has 0 heterocycles. The Kier molecular flexibility index (Phi) is 5.67. The van der Waals surface area contributed by atoms with Crippen molar-refractivity contribution < 1.29 is 4.74 Å². The van der Waals surface area contributed by atoms with E-state index in [1.165, 1.54) is 31.2 Å². The minimum Gasteiger partial charge on any atom is -0.496 e. The van der Waals surface area contributed by atoms with Crippen LogP contribution in [0.1, 0.15) is 31.2 Å². The monoisotopic (exact) mass is 262 g/mol. The third kappa shape index (κ3) is 3.95. The average molecular weight is 262 g/mol. The van der Waals surface area contributed by atoms with Gasteiger partial charge in [-0.05, 0) is 49.9 Å². The Morgan fingerprint density at radius 1 is 1.26 bits per heavy atom. The second-order valence-electron chi connectivity index (χ2n) is 5.40. The molecule has 3 heteroatoms. The van der Waals surface area contributed by atoms with Gasteiger partial charge >= 0.3 is 0 Å². The molecule has 2 atom stereocenters. The summed E-state index contributed by atoms with van der Waals surface area (Å²) >= 11 is 0. The van der Waals surface area contributed by atoms with Crippen molar-refractivity contribution in [3.63, 3.8) is 0 Å². The van der Waals surface area contributed by atoms with Crippen LogP contribution in [0.4, 0.5) is 0 Å². The zero-order valence-electron chi connectivity index (χ0n) is 11.9. The van der Waals surface area contributed by atoms with Crippen LogP contribution in [0.5, 0.6) is 5.75 Å². The number of nitrogens with one attached hydrogen (secondary N) is 1. The van der Waals surface area contributed by atoms with Crippen LogP contribution >= 0.6 is 0 Å². The van der Waals surface area contributed by atoms with Gasteiger partial charge in [-0.2, -0.15) is 0 Å². The van der Waals surface area contributed by atoms with Crippen LogP contribution in [-0.4, -0.2) is 26.2 Å². The van der Waals surface area contributed by atoms with E-state index in [0.29, 0.717) is 12.0 Å². The van der Waals surface area contributed by atoms with E-state index in [9.17, 15) is 0 Å². The van der Waals surface area contributed by atoms with Gasteiger partial charge in [-0.1, -0.05) is 31.0 Å². The van der Waals surface area contributed by atoms with E-state index < -0.39 is 0 Å². The summed E-state index contributed by atoms with van der Waals surface area (Å²) in [5.74, 6) is 1.65. The second-order valence-corrected chi connectivity index (χ2v) is 5.40. The summed E-state index contributed by atoms with van der Waals surface area (Å²) in [5.41, 5.74) is 7.14. The highest BCUT2D eigenvalue weighted by atomic mass is 16.5. The molecule has 3 N–H and O–H groups in total.